The summed E-state index contributed by atoms with van der Waals surface area (Å²) in [6, 6.07) is 6.28. The molecule has 1 saturated heterocycles. The molecule has 1 aliphatic heterocycles. The number of thiophene rings is 1. The summed E-state index contributed by atoms with van der Waals surface area (Å²) in [5, 5.41) is 2.10. The molecule has 0 N–H and O–H groups in total. The van der Waals surface area contributed by atoms with E-state index in [9.17, 15) is 0 Å². The number of hydrogen-bond acceptors (Lipinski definition) is 5. The molecule has 5 heteroatoms. The maximum Gasteiger partial charge on any atom is 0.115 e. The van der Waals surface area contributed by atoms with Crippen molar-refractivity contribution in [3.8, 4) is 0 Å². The molecule has 0 spiro atoms. The highest BCUT2D eigenvalue weighted by molar-refractivity contribution is 7.10. The van der Waals surface area contributed by atoms with Crippen molar-refractivity contribution in [1.29, 1.82) is 0 Å². The average molecular weight is 275 g/mol. The second-order valence-electron chi connectivity index (χ2n) is 4.76. The maximum atomic E-state index is 5.85. The number of rotatable bonds is 3. The largest absolute Gasteiger partial charge is 0.370 e. The summed E-state index contributed by atoms with van der Waals surface area (Å²) in [6.07, 6.45) is 1.85. The Bertz CT molecular complexity index is 529. The molecule has 4 nitrogen and oxygen atoms in total. The van der Waals surface area contributed by atoms with E-state index in [1.807, 2.05) is 6.92 Å². The van der Waals surface area contributed by atoms with Crippen molar-refractivity contribution in [2.75, 3.05) is 19.7 Å². The number of nitrogens with zero attached hydrogens (tertiary/aromatic N) is 3. The van der Waals surface area contributed by atoms with E-state index >= 15 is 0 Å². The second-order valence-corrected chi connectivity index (χ2v) is 5.74. The van der Waals surface area contributed by atoms with E-state index in [4.69, 9.17) is 4.74 Å². The lowest BCUT2D eigenvalue weighted by molar-refractivity contribution is -0.0315. The number of morpholine rings is 1. The highest BCUT2D eigenvalue weighted by Crippen LogP contribution is 2.26. The number of ether oxygens (including phenoxy) is 1. The maximum absolute atomic E-state index is 5.85. The molecule has 0 aromatic carbocycles. The van der Waals surface area contributed by atoms with Gasteiger partial charge in [0.15, 0.2) is 0 Å². The summed E-state index contributed by atoms with van der Waals surface area (Å²) in [4.78, 5) is 12.2. The predicted octanol–water partition coefficient (Wildman–Crippen LogP) is 2.42. The first kappa shape index (κ1) is 12.7. The van der Waals surface area contributed by atoms with Gasteiger partial charge in [-0.1, -0.05) is 6.07 Å². The molecule has 1 fully saturated rings. The topological polar surface area (TPSA) is 38.2 Å². The monoisotopic (exact) mass is 275 g/mol. The van der Waals surface area contributed by atoms with Gasteiger partial charge in [-0.15, -0.1) is 11.3 Å². The van der Waals surface area contributed by atoms with Crippen LogP contribution < -0.4 is 0 Å². The van der Waals surface area contributed by atoms with Crippen LogP contribution in [0.1, 0.15) is 22.4 Å². The standard InChI is InChI=1S/C14H17N3OS/c1-11-7-12(16-10-15-11)8-17-4-5-18-13(9-17)14-3-2-6-19-14/h2-3,6-7,10,13H,4-5,8-9H2,1H3. The van der Waals surface area contributed by atoms with Crippen LogP contribution in [0.15, 0.2) is 29.9 Å². The quantitative estimate of drug-likeness (QED) is 0.862. The Morgan fingerprint density at radius 2 is 2.42 bits per heavy atom. The van der Waals surface area contributed by atoms with Crippen molar-refractivity contribution in [2.45, 2.75) is 19.6 Å². The third-order valence-electron chi connectivity index (χ3n) is 3.26. The number of aryl methyl sites for hydroxylation is 1. The molecular formula is C14H17N3OS. The molecule has 0 amide bonds. The van der Waals surface area contributed by atoms with Gasteiger partial charge in [0.1, 0.15) is 12.4 Å². The number of aromatic nitrogens is 2. The minimum Gasteiger partial charge on any atom is -0.370 e. The zero-order chi connectivity index (χ0) is 13.1. The van der Waals surface area contributed by atoms with Crippen molar-refractivity contribution >= 4 is 11.3 Å². The molecule has 3 rings (SSSR count). The van der Waals surface area contributed by atoms with Gasteiger partial charge in [-0.3, -0.25) is 4.90 Å². The molecule has 2 aromatic rings. The fourth-order valence-electron chi connectivity index (χ4n) is 2.32. The van der Waals surface area contributed by atoms with E-state index in [0.717, 1.165) is 37.6 Å². The molecule has 1 atom stereocenters. The van der Waals surface area contributed by atoms with Gasteiger partial charge in [0, 0.05) is 30.2 Å². The Balaban J connectivity index is 1.65. The van der Waals surface area contributed by atoms with Crippen molar-refractivity contribution < 1.29 is 4.74 Å². The Morgan fingerprint density at radius 3 is 3.21 bits per heavy atom. The van der Waals surface area contributed by atoms with Gasteiger partial charge >= 0.3 is 0 Å². The van der Waals surface area contributed by atoms with Gasteiger partial charge < -0.3 is 4.74 Å². The van der Waals surface area contributed by atoms with Crippen molar-refractivity contribution in [3.05, 3.63) is 46.2 Å². The Morgan fingerprint density at radius 1 is 1.47 bits per heavy atom. The first-order valence-corrected chi connectivity index (χ1v) is 7.34. The van der Waals surface area contributed by atoms with Crippen LogP contribution >= 0.6 is 11.3 Å². The lowest BCUT2D eigenvalue weighted by atomic mass is 10.2. The summed E-state index contributed by atoms with van der Waals surface area (Å²) < 4.78 is 5.85. The highest BCUT2D eigenvalue weighted by atomic mass is 32.1. The van der Waals surface area contributed by atoms with E-state index in [1.54, 1.807) is 17.7 Å². The normalized spacial score (nSPS) is 20.6. The molecule has 0 aliphatic carbocycles. The van der Waals surface area contributed by atoms with Gasteiger partial charge in [-0.2, -0.15) is 0 Å². The number of hydrogen-bond donors (Lipinski definition) is 0. The molecule has 1 unspecified atom stereocenters. The van der Waals surface area contributed by atoms with Gasteiger partial charge in [0.25, 0.3) is 0 Å². The van der Waals surface area contributed by atoms with E-state index in [-0.39, 0.29) is 6.10 Å². The molecule has 1 aliphatic rings. The van der Waals surface area contributed by atoms with Crippen molar-refractivity contribution in [1.82, 2.24) is 14.9 Å². The summed E-state index contributed by atoms with van der Waals surface area (Å²) in [7, 11) is 0. The van der Waals surface area contributed by atoms with Gasteiger partial charge in [0.05, 0.1) is 12.3 Å². The molecule has 0 bridgehead atoms. The van der Waals surface area contributed by atoms with E-state index in [0.29, 0.717) is 0 Å². The van der Waals surface area contributed by atoms with Crippen LogP contribution in [-0.4, -0.2) is 34.6 Å². The summed E-state index contributed by atoms with van der Waals surface area (Å²) in [5.74, 6) is 0. The van der Waals surface area contributed by atoms with Crippen LogP contribution in [0.25, 0.3) is 0 Å². The first-order valence-electron chi connectivity index (χ1n) is 6.46. The predicted molar refractivity (Wildman–Crippen MR) is 75.1 cm³/mol. The minimum atomic E-state index is 0.205. The van der Waals surface area contributed by atoms with Crippen LogP contribution in [-0.2, 0) is 11.3 Å². The van der Waals surface area contributed by atoms with Crippen LogP contribution in [0.5, 0.6) is 0 Å². The second kappa shape index (κ2) is 5.77. The molecule has 2 aromatic heterocycles. The van der Waals surface area contributed by atoms with E-state index in [2.05, 4.69) is 38.4 Å². The molecule has 19 heavy (non-hydrogen) atoms. The van der Waals surface area contributed by atoms with Crippen molar-refractivity contribution in [3.63, 3.8) is 0 Å². The molecule has 100 valence electrons. The van der Waals surface area contributed by atoms with Crippen LogP contribution in [0.3, 0.4) is 0 Å². The summed E-state index contributed by atoms with van der Waals surface area (Å²) in [5.41, 5.74) is 2.10. The fraction of sp³-hybridized carbons (Fsp3) is 0.429. The molecule has 0 saturated carbocycles. The van der Waals surface area contributed by atoms with Gasteiger partial charge in [0.2, 0.25) is 0 Å². The lowest BCUT2D eigenvalue weighted by Gasteiger charge is -2.32. The SMILES string of the molecule is Cc1cc(CN2CCOC(c3cccs3)C2)ncn1. The third kappa shape index (κ3) is 3.18. The van der Waals surface area contributed by atoms with Crippen LogP contribution in [0.4, 0.5) is 0 Å². The zero-order valence-corrected chi connectivity index (χ0v) is 11.8. The Kier molecular flexibility index (Phi) is 3.87. The Labute approximate surface area is 117 Å². The van der Waals surface area contributed by atoms with Gasteiger partial charge in [-0.05, 0) is 24.4 Å². The van der Waals surface area contributed by atoms with E-state index in [1.165, 1.54) is 4.88 Å². The average Bonchev–Trinajstić information content (AvgIpc) is 2.93. The zero-order valence-electron chi connectivity index (χ0n) is 11.0. The fourth-order valence-corrected chi connectivity index (χ4v) is 3.08. The molecule has 0 radical (unpaired) electrons. The molecule has 3 heterocycles. The van der Waals surface area contributed by atoms with Crippen LogP contribution in [0, 0.1) is 6.92 Å². The summed E-state index contributed by atoms with van der Waals surface area (Å²) >= 11 is 1.76. The smallest absolute Gasteiger partial charge is 0.115 e. The minimum absolute atomic E-state index is 0.205. The molecular weight excluding hydrogens is 258 g/mol. The highest BCUT2D eigenvalue weighted by Gasteiger charge is 2.22. The van der Waals surface area contributed by atoms with Crippen LogP contribution in [0.2, 0.25) is 0 Å². The van der Waals surface area contributed by atoms with E-state index < -0.39 is 0 Å². The lowest BCUT2D eigenvalue weighted by Crippen LogP contribution is -2.37. The first-order chi connectivity index (χ1) is 9.31. The summed E-state index contributed by atoms with van der Waals surface area (Å²) in [6.45, 7) is 5.55. The van der Waals surface area contributed by atoms with Crippen molar-refractivity contribution in [2.24, 2.45) is 0 Å². The van der Waals surface area contributed by atoms with Gasteiger partial charge in [-0.25, -0.2) is 9.97 Å². The Hall–Kier alpha value is -1.30. The third-order valence-corrected chi connectivity index (χ3v) is 4.22.